The van der Waals surface area contributed by atoms with Crippen LogP contribution in [0.4, 0.5) is 0 Å². The molecule has 126 valence electrons. The normalized spacial score (nSPS) is 17.7. The molecule has 0 spiro atoms. The van der Waals surface area contributed by atoms with Crippen LogP contribution in [0.15, 0.2) is 0 Å². The molecule has 1 saturated heterocycles. The summed E-state index contributed by atoms with van der Waals surface area (Å²) in [6.45, 7) is 11.8. The van der Waals surface area contributed by atoms with Crippen molar-refractivity contribution in [2.24, 2.45) is 5.73 Å². The highest BCUT2D eigenvalue weighted by Gasteiger charge is 2.16. The predicted octanol–water partition coefficient (Wildman–Crippen LogP) is -2.56. The van der Waals surface area contributed by atoms with E-state index >= 15 is 0 Å². The molecule has 1 heterocycles. The number of aliphatic hydroxyl groups is 2. The fraction of sp³-hybridized carbons (Fsp3) is 1.00. The Balaban J connectivity index is 2.09. The average Bonchev–Trinajstić information content (AvgIpc) is 2.51. The van der Waals surface area contributed by atoms with E-state index < -0.39 is 0 Å². The maximum atomic E-state index is 9.03. The van der Waals surface area contributed by atoms with Gasteiger partial charge in [0, 0.05) is 78.5 Å². The quantitative estimate of drug-likeness (QED) is 0.295. The van der Waals surface area contributed by atoms with Crippen LogP contribution in [0.2, 0.25) is 0 Å². The molecule has 0 bridgehead atoms. The maximum Gasteiger partial charge on any atom is 0.0558 e. The van der Waals surface area contributed by atoms with Gasteiger partial charge in [0.15, 0.2) is 0 Å². The van der Waals surface area contributed by atoms with Crippen LogP contribution in [0, 0.1) is 0 Å². The van der Waals surface area contributed by atoms with Gasteiger partial charge < -0.3 is 21.3 Å². The molecule has 0 aromatic heterocycles. The highest BCUT2D eigenvalue weighted by molar-refractivity contribution is 4.73. The summed E-state index contributed by atoms with van der Waals surface area (Å²) in [6, 6.07) is 0. The van der Waals surface area contributed by atoms with E-state index in [1.165, 1.54) is 0 Å². The fourth-order valence-corrected chi connectivity index (χ4v) is 2.62. The summed E-state index contributed by atoms with van der Waals surface area (Å²) in [5, 5.41) is 21.0. The average molecular weight is 303 g/mol. The summed E-state index contributed by atoms with van der Waals surface area (Å²) in [5.41, 5.74) is 5.59. The molecule has 0 unspecified atom stereocenters. The van der Waals surface area contributed by atoms with Gasteiger partial charge in [-0.3, -0.25) is 14.7 Å². The minimum atomic E-state index is 0.203. The third kappa shape index (κ3) is 8.67. The second kappa shape index (κ2) is 12.3. The van der Waals surface area contributed by atoms with Gasteiger partial charge >= 0.3 is 0 Å². The van der Waals surface area contributed by atoms with E-state index in [1.54, 1.807) is 0 Å². The number of nitrogens with zero attached hydrogens (tertiary/aromatic N) is 3. The van der Waals surface area contributed by atoms with Gasteiger partial charge in [-0.2, -0.15) is 0 Å². The van der Waals surface area contributed by atoms with Crippen molar-refractivity contribution in [1.82, 2.24) is 20.0 Å². The molecular formula is C14H33N5O2. The van der Waals surface area contributed by atoms with Gasteiger partial charge in [-0.1, -0.05) is 0 Å². The molecule has 0 saturated carbocycles. The smallest absolute Gasteiger partial charge is 0.0558 e. The van der Waals surface area contributed by atoms with Gasteiger partial charge in [0.2, 0.25) is 0 Å². The monoisotopic (exact) mass is 303 g/mol. The number of aliphatic hydroxyl groups excluding tert-OH is 2. The maximum absolute atomic E-state index is 9.03. The molecule has 1 aliphatic rings. The molecule has 0 aliphatic carbocycles. The van der Waals surface area contributed by atoms with Gasteiger partial charge in [0.05, 0.1) is 13.2 Å². The number of piperazine rings is 1. The molecule has 0 aromatic rings. The van der Waals surface area contributed by atoms with E-state index in [0.29, 0.717) is 19.6 Å². The zero-order chi connectivity index (χ0) is 15.3. The Morgan fingerprint density at radius 1 is 0.857 bits per heavy atom. The Hall–Kier alpha value is -0.280. The lowest BCUT2D eigenvalue weighted by Gasteiger charge is -2.35. The van der Waals surface area contributed by atoms with Crippen molar-refractivity contribution in [1.29, 1.82) is 0 Å². The van der Waals surface area contributed by atoms with E-state index in [-0.39, 0.29) is 13.2 Å². The van der Waals surface area contributed by atoms with Crippen molar-refractivity contribution in [3.05, 3.63) is 0 Å². The Bertz CT molecular complexity index is 231. The summed E-state index contributed by atoms with van der Waals surface area (Å²) >= 11 is 0. The Morgan fingerprint density at radius 2 is 1.52 bits per heavy atom. The largest absolute Gasteiger partial charge is 0.395 e. The molecule has 0 amide bonds. The molecule has 1 aliphatic heterocycles. The fourth-order valence-electron chi connectivity index (χ4n) is 2.62. The van der Waals surface area contributed by atoms with E-state index in [2.05, 4.69) is 20.0 Å². The van der Waals surface area contributed by atoms with Gasteiger partial charge in [0.25, 0.3) is 0 Å². The lowest BCUT2D eigenvalue weighted by molar-refractivity contribution is 0.114. The third-order valence-electron chi connectivity index (χ3n) is 3.95. The highest BCUT2D eigenvalue weighted by atomic mass is 16.3. The van der Waals surface area contributed by atoms with Crippen molar-refractivity contribution in [2.45, 2.75) is 0 Å². The number of hydrogen-bond acceptors (Lipinski definition) is 7. The molecule has 21 heavy (non-hydrogen) atoms. The minimum absolute atomic E-state index is 0.203. The van der Waals surface area contributed by atoms with Crippen LogP contribution in [0.3, 0.4) is 0 Å². The molecule has 1 fully saturated rings. The summed E-state index contributed by atoms with van der Waals surface area (Å²) in [4.78, 5) is 7.18. The van der Waals surface area contributed by atoms with Crippen LogP contribution in [-0.2, 0) is 0 Å². The SMILES string of the molecule is NCCN(CCO)CCN1CCN(CCNCCO)CC1. The highest BCUT2D eigenvalue weighted by Crippen LogP contribution is 2.01. The van der Waals surface area contributed by atoms with Crippen molar-refractivity contribution >= 4 is 0 Å². The number of hydrogen-bond donors (Lipinski definition) is 4. The molecule has 0 atom stereocenters. The Kier molecular flexibility index (Phi) is 11.0. The van der Waals surface area contributed by atoms with Gasteiger partial charge in [0.1, 0.15) is 0 Å². The molecular weight excluding hydrogens is 270 g/mol. The van der Waals surface area contributed by atoms with Crippen LogP contribution in [0.1, 0.15) is 0 Å². The van der Waals surface area contributed by atoms with Gasteiger partial charge in [-0.15, -0.1) is 0 Å². The lowest BCUT2D eigenvalue weighted by atomic mass is 10.3. The zero-order valence-electron chi connectivity index (χ0n) is 13.2. The summed E-state index contributed by atoms with van der Waals surface area (Å²) < 4.78 is 0. The number of nitrogens with one attached hydrogen (secondary N) is 1. The Morgan fingerprint density at radius 3 is 2.10 bits per heavy atom. The van der Waals surface area contributed by atoms with E-state index in [1.807, 2.05) is 0 Å². The lowest BCUT2D eigenvalue weighted by Crippen LogP contribution is -2.50. The topological polar surface area (TPSA) is 88.2 Å². The van der Waals surface area contributed by atoms with Crippen molar-refractivity contribution in [2.75, 3.05) is 91.8 Å². The third-order valence-corrected chi connectivity index (χ3v) is 3.95. The van der Waals surface area contributed by atoms with Gasteiger partial charge in [-0.25, -0.2) is 0 Å². The summed E-state index contributed by atoms with van der Waals surface area (Å²) in [5.74, 6) is 0. The second-order valence-electron chi connectivity index (χ2n) is 5.51. The van der Waals surface area contributed by atoms with Crippen molar-refractivity contribution < 1.29 is 10.2 Å². The molecule has 0 radical (unpaired) electrons. The molecule has 1 rings (SSSR count). The minimum Gasteiger partial charge on any atom is -0.395 e. The molecule has 5 N–H and O–H groups in total. The molecule has 0 aromatic carbocycles. The summed E-state index contributed by atoms with van der Waals surface area (Å²) in [7, 11) is 0. The van der Waals surface area contributed by atoms with Crippen molar-refractivity contribution in [3.63, 3.8) is 0 Å². The van der Waals surface area contributed by atoms with Crippen LogP contribution < -0.4 is 11.1 Å². The van der Waals surface area contributed by atoms with E-state index in [0.717, 1.165) is 58.9 Å². The first-order valence-corrected chi connectivity index (χ1v) is 8.09. The summed E-state index contributed by atoms with van der Waals surface area (Å²) in [6.07, 6.45) is 0. The standard InChI is InChI=1S/C14H33N5O2/c15-1-4-17(12-14-21)6-9-19-10-7-18(8-11-19)5-2-16-3-13-20/h16,20-21H,1-15H2. The van der Waals surface area contributed by atoms with E-state index in [4.69, 9.17) is 15.9 Å². The molecule has 7 heteroatoms. The first kappa shape index (κ1) is 18.8. The van der Waals surface area contributed by atoms with E-state index in [9.17, 15) is 0 Å². The first-order chi connectivity index (χ1) is 10.3. The van der Waals surface area contributed by atoms with Crippen LogP contribution in [0.25, 0.3) is 0 Å². The predicted molar refractivity (Wildman–Crippen MR) is 85.4 cm³/mol. The van der Waals surface area contributed by atoms with Gasteiger partial charge in [-0.05, 0) is 0 Å². The second-order valence-corrected chi connectivity index (χ2v) is 5.51. The van der Waals surface area contributed by atoms with Crippen LogP contribution in [0.5, 0.6) is 0 Å². The van der Waals surface area contributed by atoms with Crippen LogP contribution >= 0.6 is 0 Å². The molecule has 7 nitrogen and oxygen atoms in total. The van der Waals surface area contributed by atoms with Crippen molar-refractivity contribution in [3.8, 4) is 0 Å². The number of nitrogens with two attached hydrogens (primary N) is 1. The Labute approximate surface area is 128 Å². The number of rotatable bonds is 12. The van der Waals surface area contributed by atoms with Crippen LogP contribution in [-0.4, -0.2) is 117 Å². The zero-order valence-corrected chi connectivity index (χ0v) is 13.2. The first-order valence-electron chi connectivity index (χ1n) is 8.09.